The average Bonchev–Trinajstić information content (AvgIpc) is 3.43. The zero-order chi connectivity index (χ0) is 30.2. The summed E-state index contributed by atoms with van der Waals surface area (Å²) in [5.74, 6) is 0. The van der Waals surface area contributed by atoms with Crippen LogP contribution in [-0.2, 0) is 0 Å². The third kappa shape index (κ3) is 3.90. The molecule has 214 valence electrons. The molecule has 0 atom stereocenters. The third-order valence-corrected chi connectivity index (χ3v) is 10.7. The van der Waals surface area contributed by atoms with Crippen molar-refractivity contribution < 1.29 is 0 Å². The summed E-state index contributed by atoms with van der Waals surface area (Å²) in [7, 11) is 0. The molecule has 0 N–H and O–H groups in total. The molecule has 0 unspecified atom stereocenters. The van der Waals surface area contributed by atoms with Gasteiger partial charge in [0.25, 0.3) is 0 Å². The number of aromatic nitrogens is 1. The molecule has 0 saturated carbocycles. The molecule has 1 nitrogen and oxygen atoms in total. The first-order valence-corrected chi connectivity index (χ1v) is 16.6. The van der Waals surface area contributed by atoms with Gasteiger partial charge in [0.2, 0.25) is 0 Å². The maximum Gasteiger partial charge on any atom is 0.0547 e. The van der Waals surface area contributed by atoms with Crippen molar-refractivity contribution in [3.63, 3.8) is 0 Å². The molecule has 46 heavy (non-hydrogen) atoms. The summed E-state index contributed by atoms with van der Waals surface area (Å²) in [5, 5.41) is 7.74. The van der Waals surface area contributed by atoms with Crippen LogP contribution in [0.15, 0.2) is 174 Å². The quantitative estimate of drug-likeness (QED) is 0.195. The lowest BCUT2D eigenvalue weighted by molar-refractivity contribution is 1.18. The van der Waals surface area contributed by atoms with Crippen LogP contribution in [0.4, 0.5) is 0 Å². The van der Waals surface area contributed by atoms with Gasteiger partial charge in [-0.25, -0.2) is 0 Å². The van der Waals surface area contributed by atoms with Gasteiger partial charge in [-0.3, -0.25) is 0 Å². The van der Waals surface area contributed by atoms with Gasteiger partial charge in [0.05, 0.1) is 11.0 Å². The van der Waals surface area contributed by atoms with Crippen LogP contribution in [0.2, 0.25) is 0 Å². The molecule has 1 aliphatic rings. The summed E-state index contributed by atoms with van der Waals surface area (Å²) in [5.41, 5.74) is 11.2. The van der Waals surface area contributed by atoms with Crippen LogP contribution >= 0.6 is 11.8 Å². The maximum absolute atomic E-state index is 2.40. The SMILES string of the molecule is c1ccc(-n2c3ccc(-c4ccc(-c5ccc6c(c5)-c5cccc7cccc(c57)S6)cc4)cc3c3cc4ccccc4cc32)cc1. The van der Waals surface area contributed by atoms with Crippen LogP contribution in [0.5, 0.6) is 0 Å². The fourth-order valence-electron chi connectivity index (χ4n) is 7.34. The molecule has 9 aromatic rings. The lowest BCUT2D eigenvalue weighted by Crippen LogP contribution is -1.93. The molecule has 0 saturated heterocycles. The molecular formula is C44H27NS. The van der Waals surface area contributed by atoms with Gasteiger partial charge in [0.1, 0.15) is 0 Å². The van der Waals surface area contributed by atoms with Gasteiger partial charge in [-0.15, -0.1) is 0 Å². The highest BCUT2D eigenvalue weighted by Gasteiger charge is 2.20. The minimum Gasteiger partial charge on any atom is -0.309 e. The molecule has 0 bridgehead atoms. The number of hydrogen-bond acceptors (Lipinski definition) is 1. The molecule has 8 aromatic carbocycles. The van der Waals surface area contributed by atoms with E-state index in [1.54, 1.807) is 0 Å². The number of para-hydroxylation sites is 1. The van der Waals surface area contributed by atoms with E-state index in [2.05, 4.69) is 168 Å². The standard InChI is InChI=1S/C44H27NS/c1-2-12-35(13-3-1)45-40-22-20-33(25-37(40)38-24-31-8-4-5-9-32(31)27-41(38)45)28-16-18-29(19-17-28)34-21-23-42-39(26-34)36-14-6-10-30-11-7-15-43(46-42)44(30)36/h1-27H. The first-order valence-electron chi connectivity index (χ1n) is 15.8. The van der Waals surface area contributed by atoms with Gasteiger partial charge in [-0.05, 0) is 104 Å². The Kier molecular flexibility index (Phi) is 5.58. The second-order valence-electron chi connectivity index (χ2n) is 12.2. The van der Waals surface area contributed by atoms with E-state index in [0.717, 1.165) is 0 Å². The van der Waals surface area contributed by atoms with Crippen LogP contribution in [0.3, 0.4) is 0 Å². The van der Waals surface area contributed by atoms with Gasteiger partial charge < -0.3 is 4.57 Å². The molecule has 2 heterocycles. The van der Waals surface area contributed by atoms with Gasteiger partial charge in [0, 0.05) is 31.6 Å². The highest BCUT2D eigenvalue weighted by molar-refractivity contribution is 7.99. The van der Waals surface area contributed by atoms with E-state index in [0.29, 0.717) is 0 Å². The Hall–Kier alpha value is -5.57. The predicted octanol–water partition coefficient (Wildman–Crippen LogP) is 12.6. The minimum absolute atomic E-state index is 1.18. The van der Waals surface area contributed by atoms with Crippen LogP contribution < -0.4 is 0 Å². The van der Waals surface area contributed by atoms with Crippen LogP contribution in [0.25, 0.3) is 82.4 Å². The van der Waals surface area contributed by atoms with E-state index in [4.69, 9.17) is 0 Å². The van der Waals surface area contributed by atoms with E-state index in [1.165, 1.54) is 92.2 Å². The minimum atomic E-state index is 1.18. The van der Waals surface area contributed by atoms with Crippen molar-refractivity contribution in [1.29, 1.82) is 0 Å². The Labute approximate surface area is 271 Å². The summed E-state index contributed by atoms with van der Waals surface area (Å²) >= 11 is 1.88. The largest absolute Gasteiger partial charge is 0.309 e. The van der Waals surface area contributed by atoms with E-state index in [-0.39, 0.29) is 0 Å². The Morgan fingerprint density at radius 3 is 1.80 bits per heavy atom. The fraction of sp³-hybridized carbons (Fsp3) is 0. The van der Waals surface area contributed by atoms with E-state index < -0.39 is 0 Å². The van der Waals surface area contributed by atoms with Gasteiger partial charge in [0.15, 0.2) is 0 Å². The van der Waals surface area contributed by atoms with Crippen molar-refractivity contribution in [1.82, 2.24) is 4.57 Å². The highest BCUT2D eigenvalue weighted by atomic mass is 32.2. The Morgan fingerprint density at radius 1 is 0.370 bits per heavy atom. The Morgan fingerprint density at radius 2 is 1.00 bits per heavy atom. The van der Waals surface area contributed by atoms with Crippen molar-refractivity contribution in [2.24, 2.45) is 0 Å². The van der Waals surface area contributed by atoms with Gasteiger partial charge >= 0.3 is 0 Å². The van der Waals surface area contributed by atoms with Gasteiger partial charge in [-0.1, -0.05) is 121 Å². The van der Waals surface area contributed by atoms with E-state index >= 15 is 0 Å². The molecule has 1 aromatic heterocycles. The second-order valence-corrected chi connectivity index (χ2v) is 13.3. The molecule has 0 spiro atoms. The molecule has 0 amide bonds. The van der Waals surface area contributed by atoms with E-state index in [9.17, 15) is 0 Å². The van der Waals surface area contributed by atoms with Crippen molar-refractivity contribution in [2.45, 2.75) is 9.79 Å². The topological polar surface area (TPSA) is 4.93 Å². The number of benzene rings is 8. The zero-order valence-electron chi connectivity index (χ0n) is 24.9. The molecule has 10 rings (SSSR count). The molecule has 0 fully saturated rings. The summed E-state index contributed by atoms with van der Waals surface area (Å²) in [6.45, 7) is 0. The third-order valence-electron chi connectivity index (χ3n) is 9.55. The lowest BCUT2D eigenvalue weighted by atomic mass is 9.94. The average molecular weight is 602 g/mol. The first-order chi connectivity index (χ1) is 22.8. The monoisotopic (exact) mass is 601 g/mol. The van der Waals surface area contributed by atoms with Crippen LogP contribution in [0, 0.1) is 0 Å². The second kappa shape index (κ2) is 9.97. The number of hydrogen-bond donors (Lipinski definition) is 0. The summed E-state index contributed by atoms with van der Waals surface area (Å²) in [6, 6.07) is 60.3. The first kappa shape index (κ1) is 25.7. The van der Waals surface area contributed by atoms with E-state index in [1.807, 2.05) is 11.8 Å². The zero-order valence-corrected chi connectivity index (χ0v) is 25.8. The molecular weight excluding hydrogens is 575 g/mol. The van der Waals surface area contributed by atoms with Crippen molar-refractivity contribution in [3.8, 4) is 39.1 Å². The predicted molar refractivity (Wildman–Crippen MR) is 196 cm³/mol. The Balaban J connectivity index is 1.07. The molecule has 2 heteroatoms. The highest BCUT2D eigenvalue weighted by Crippen LogP contribution is 2.48. The van der Waals surface area contributed by atoms with Gasteiger partial charge in [-0.2, -0.15) is 0 Å². The number of nitrogens with zero attached hydrogens (tertiary/aromatic N) is 1. The van der Waals surface area contributed by atoms with Crippen LogP contribution in [-0.4, -0.2) is 4.57 Å². The molecule has 1 aliphatic heterocycles. The molecule has 0 radical (unpaired) electrons. The number of rotatable bonds is 3. The van der Waals surface area contributed by atoms with Crippen LogP contribution in [0.1, 0.15) is 0 Å². The fourth-order valence-corrected chi connectivity index (χ4v) is 8.47. The molecule has 0 aliphatic carbocycles. The summed E-state index contributed by atoms with van der Waals surface area (Å²) in [6.07, 6.45) is 0. The smallest absolute Gasteiger partial charge is 0.0547 e. The van der Waals surface area contributed by atoms with Crippen molar-refractivity contribution in [3.05, 3.63) is 164 Å². The normalized spacial score (nSPS) is 12.3. The van der Waals surface area contributed by atoms with Crippen molar-refractivity contribution in [2.75, 3.05) is 0 Å². The maximum atomic E-state index is 2.40. The number of fused-ring (bicyclic) bond motifs is 6. The summed E-state index contributed by atoms with van der Waals surface area (Å²) < 4.78 is 2.40. The Bertz CT molecular complexity index is 2640. The summed E-state index contributed by atoms with van der Waals surface area (Å²) in [4.78, 5) is 2.66. The lowest BCUT2D eigenvalue weighted by Gasteiger charge is -2.21. The van der Waals surface area contributed by atoms with Crippen molar-refractivity contribution >= 4 is 55.1 Å².